The van der Waals surface area contributed by atoms with Crippen LogP contribution < -0.4 is 4.74 Å². The van der Waals surface area contributed by atoms with E-state index in [1.165, 1.54) is 19.2 Å². The van der Waals surface area contributed by atoms with Gasteiger partial charge in [-0.05, 0) is 29.3 Å². The van der Waals surface area contributed by atoms with Gasteiger partial charge in [0.25, 0.3) is 11.4 Å². The van der Waals surface area contributed by atoms with Crippen molar-refractivity contribution in [1.82, 2.24) is 0 Å². The second-order valence-electron chi connectivity index (χ2n) is 6.55. The van der Waals surface area contributed by atoms with Gasteiger partial charge in [-0.25, -0.2) is 0 Å². The number of fused-ring (bicyclic) bond motifs is 3. The zero-order valence-electron chi connectivity index (χ0n) is 14.9. The summed E-state index contributed by atoms with van der Waals surface area (Å²) in [5, 5.41) is 24.7. The number of rotatable bonds is 4. The van der Waals surface area contributed by atoms with Gasteiger partial charge in [-0.15, -0.1) is 0 Å². The molecule has 3 aromatic carbocycles. The number of methoxy groups -OCH3 is 1. The Hall–Kier alpha value is -3.52. The van der Waals surface area contributed by atoms with Gasteiger partial charge in [0.05, 0.1) is 21.8 Å². The van der Waals surface area contributed by atoms with Crippen LogP contribution in [0.25, 0.3) is 10.8 Å². The lowest BCUT2D eigenvalue weighted by Crippen LogP contribution is -2.33. The maximum absolute atomic E-state index is 11.6. The second-order valence-corrected chi connectivity index (χ2v) is 6.55. The average Bonchev–Trinajstić information content (AvgIpc) is 2.72. The molecule has 8 heteroatoms. The highest BCUT2D eigenvalue weighted by atomic mass is 16.7. The summed E-state index contributed by atoms with van der Waals surface area (Å²) in [6.45, 7) is 0. The fourth-order valence-corrected chi connectivity index (χ4v) is 3.75. The molecule has 28 heavy (non-hydrogen) atoms. The molecule has 0 bridgehead atoms. The molecule has 3 aromatic rings. The van der Waals surface area contributed by atoms with Gasteiger partial charge in [0.15, 0.2) is 0 Å². The van der Waals surface area contributed by atoms with Crippen molar-refractivity contribution in [2.24, 2.45) is 0 Å². The fourth-order valence-electron chi connectivity index (χ4n) is 3.75. The summed E-state index contributed by atoms with van der Waals surface area (Å²) in [6, 6.07) is 15.3. The van der Waals surface area contributed by atoms with Gasteiger partial charge in [0.2, 0.25) is 6.29 Å². The van der Waals surface area contributed by atoms with Gasteiger partial charge in [-0.2, -0.15) is 0 Å². The van der Waals surface area contributed by atoms with E-state index in [0.29, 0.717) is 17.7 Å². The molecule has 0 N–H and O–H groups in total. The van der Waals surface area contributed by atoms with Crippen molar-refractivity contribution in [3.8, 4) is 5.75 Å². The molecule has 1 aliphatic rings. The summed E-state index contributed by atoms with van der Waals surface area (Å²) in [5.41, 5.74) is 0.644. The molecule has 142 valence electrons. The first-order valence-electron chi connectivity index (χ1n) is 8.62. The topological polar surface area (TPSA) is 105 Å². The van der Waals surface area contributed by atoms with Crippen LogP contribution in [-0.4, -0.2) is 23.2 Å². The van der Waals surface area contributed by atoms with Crippen molar-refractivity contribution in [2.75, 3.05) is 7.11 Å². The third-order valence-electron chi connectivity index (χ3n) is 5.05. The minimum atomic E-state index is -0.742. The molecule has 1 aliphatic heterocycles. The Bertz CT molecular complexity index is 1100. The third kappa shape index (κ3) is 2.93. The molecule has 0 unspecified atom stereocenters. The van der Waals surface area contributed by atoms with Crippen LogP contribution in [0.3, 0.4) is 0 Å². The summed E-state index contributed by atoms with van der Waals surface area (Å²) >= 11 is 0. The zero-order valence-corrected chi connectivity index (χ0v) is 14.9. The second kappa shape index (κ2) is 6.90. The van der Waals surface area contributed by atoms with Crippen molar-refractivity contribution in [1.29, 1.82) is 0 Å². The van der Waals surface area contributed by atoms with E-state index in [1.807, 2.05) is 36.4 Å². The van der Waals surface area contributed by atoms with E-state index in [1.54, 1.807) is 0 Å². The quantitative estimate of drug-likeness (QED) is 0.492. The summed E-state index contributed by atoms with van der Waals surface area (Å²) in [4.78, 5) is 21.4. The fraction of sp³-hybridized carbons (Fsp3) is 0.200. The minimum absolute atomic E-state index is 0.312. The number of nitro groups is 2. The molecule has 0 radical (unpaired) electrons. The van der Waals surface area contributed by atoms with Crippen LogP contribution >= 0.6 is 0 Å². The number of hydrogen-bond donors (Lipinski definition) is 0. The SMILES string of the molecule is CO[C@H]1Oc2ccc3ccccc3c2C[C@H]1c1ccc([N+](=O)[O-])cc1[N+](=O)[O-]. The zero-order chi connectivity index (χ0) is 19.8. The molecule has 0 fully saturated rings. The van der Waals surface area contributed by atoms with Crippen molar-refractivity contribution in [3.05, 3.63) is 86.0 Å². The maximum Gasteiger partial charge on any atom is 0.279 e. The summed E-state index contributed by atoms with van der Waals surface area (Å²) in [5.74, 6) is 0.191. The van der Waals surface area contributed by atoms with Crippen LogP contribution in [0.4, 0.5) is 11.4 Å². The standard InChI is InChI=1S/C20H16N2O6/c1-27-20-17(15-8-7-13(21(23)24)10-18(15)22(25)26)11-16-14-5-3-2-4-12(14)6-9-19(16)28-20/h2-10,17,20H,11H2,1H3/t17-,20-/m0/s1. The Morgan fingerprint density at radius 3 is 2.54 bits per heavy atom. The van der Waals surface area contributed by atoms with Gasteiger partial charge in [-0.1, -0.05) is 30.3 Å². The number of nitro benzene ring substituents is 2. The summed E-state index contributed by atoms with van der Waals surface area (Å²) in [6.07, 6.45) is -0.290. The first-order valence-corrected chi connectivity index (χ1v) is 8.62. The highest BCUT2D eigenvalue weighted by molar-refractivity contribution is 5.88. The van der Waals surface area contributed by atoms with Gasteiger partial charge in [-0.3, -0.25) is 20.2 Å². The van der Waals surface area contributed by atoms with E-state index in [-0.39, 0.29) is 11.4 Å². The van der Waals surface area contributed by atoms with Crippen LogP contribution in [0.15, 0.2) is 54.6 Å². The lowest BCUT2D eigenvalue weighted by atomic mass is 9.85. The van der Waals surface area contributed by atoms with E-state index >= 15 is 0 Å². The first-order chi connectivity index (χ1) is 13.5. The molecular formula is C20H16N2O6. The molecule has 0 saturated carbocycles. The lowest BCUT2D eigenvalue weighted by molar-refractivity contribution is -0.394. The summed E-state index contributed by atoms with van der Waals surface area (Å²) < 4.78 is 11.5. The Balaban J connectivity index is 1.85. The minimum Gasteiger partial charge on any atom is -0.464 e. The van der Waals surface area contributed by atoms with Gasteiger partial charge >= 0.3 is 0 Å². The van der Waals surface area contributed by atoms with Crippen LogP contribution in [0.2, 0.25) is 0 Å². The van der Waals surface area contributed by atoms with Gasteiger partial charge in [0, 0.05) is 24.3 Å². The Kier molecular flexibility index (Phi) is 4.40. The largest absolute Gasteiger partial charge is 0.464 e. The van der Waals surface area contributed by atoms with Gasteiger partial charge < -0.3 is 9.47 Å². The highest BCUT2D eigenvalue weighted by Gasteiger charge is 2.37. The first kappa shape index (κ1) is 17.9. The molecule has 8 nitrogen and oxygen atoms in total. The Morgan fingerprint density at radius 2 is 1.82 bits per heavy atom. The molecular weight excluding hydrogens is 364 g/mol. The normalized spacial score (nSPS) is 18.3. The van der Waals surface area contributed by atoms with Gasteiger partial charge in [0.1, 0.15) is 5.75 Å². The summed E-state index contributed by atoms with van der Waals surface area (Å²) in [7, 11) is 1.47. The lowest BCUT2D eigenvalue weighted by Gasteiger charge is -2.33. The number of benzene rings is 3. The predicted molar refractivity (Wildman–Crippen MR) is 102 cm³/mol. The van der Waals surface area contributed by atoms with Crippen molar-refractivity contribution < 1.29 is 19.3 Å². The number of nitrogens with zero attached hydrogens (tertiary/aromatic N) is 2. The van der Waals surface area contributed by atoms with E-state index in [2.05, 4.69) is 0 Å². The monoisotopic (exact) mass is 380 g/mol. The van der Waals surface area contributed by atoms with E-state index in [4.69, 9.17) is 9.47 Å². The van der Waals surface area contributed by atoms with Crippen LogP contribution in [0.5, 0.6) is 5.75 Å². The van der Waals surface area contributed by atoms with E-state index in [9.17, 15) is 20.2 Å². The Labute approximate surface area is 159 Å². The van der Waals surface area contributed by atoms with Crippen molar-refractivity contribution >= 4 is 22.1 Å². The maximum atomic E-state index is 11.6. The molecule has 2 atom stereocenters. The van der Waals surface area contributed by atoms with Crippen molar-refractivity contribution in [2.45, 2.75) is 18.6 Å². The number of ether oxygens (including phenoxy) is 2. The van der Waals surface area contributed by atoms with E-state index in [0.717, 1.165) is 22.4 Å². The van der Waals surface area contributed by atoms with E-state index < -0.39 is 22.1 Å². The van der Waals surface area contributed by atoms with Crippen LogP contribution in [-0.2, 0) is 11.2 Å². The predicted octanol–water partition coefficient (Wildman–Crippen LogP) is 4.35. The highest BCUT2D eigenvalue weighted by Crippen LogP contribution is 2.43. The molecule has 1 heterocycles. The molecule has 4 rings (SSSR count). The third-order valence-corrected chi connectivity index (χ3v) is 5.05. The Morgan fingerprint density at radius 1 is 1.04 bits per heavy atom. The number of hydrogen-bond acceptors (Lipinski definition) is 6. The molecule has 0 saturated heterocycles. The average molecular weight is 380 g/mol. The van der Waals surface area contributed by atoms with Crippen molar-refractivity contribution in [3.63, 3.8) is 0 Å². The molecule has 0 aliphatic carbocycles. The number of non-ortho nitro benzene ring substituents is 1. The van der Waals surface area contributed by atoms with Crippen LogP contribution in [0, 0.1) is 20.2 Å². The molecule has 0 amide bonds. The van der Waals surface area contributed by atoms with Crippen LogP contribution in [0.1, 0.15) is 17.0 Å². The molecule has 0 spiro atoms. The molecule has 0 aromatic heterocycles. The smallest absolute Gasteiger partial charge is 0.279 e.